The summed E-state index contributed by atoms with van der Waals surface area (Å²) >= 11 is 0. The maximum Gasteiger partial charge on any atom is 0.228 e. The molecule has 1 amide bonds. The number of carbonyl (C=O) groups is 1. The molecule has 1 aliphatic heterocycles. The number of amides is 1. The molecule has 2 nitrogen and oxygen atoms in total. The quantitative estimate of drug-likeness (QED) is 0.658. The zero-order valence-electron chi connectivity index (χ0n) is 8.18. The summed E-state index contributed by atoms with van der Waals surface area (Å²) < 4.78 is 0. The first-order valence-corrected chi connectivity index (χ1v) is 4.49. The highest BCUT2D eigenvalue weighted by Gasteiger charge is 2.16. The van der Waals surface area contributed by atoms with Crippen LogP contribution in [0.5, 0.6) is 0 Å². The van der Waals surface area contributed by atoms with Gasteiger partial charge in [0.25, 0.3) is 0 Å². The Morgan fingerprint density at radius 1 is 1.69 bits per heavy atom. The third-order valence-corrected chi connectivity index (χ3v) is 1.95. The maximum atomic E-state index is 11.1. The summed E-state index contributed by atoms with van der Waals surface area (Å²) in [6.07, 6.45) is 5.29. The largest absolute Gasteiger partial charge is 0.329 e. The lowest BCUT2D eigenvalue weighted by Crippen LogP contribution is -2.14. The molecule has 2 heteroatoms. The van der Waals surface area contributed by atoms with Gasteiger partial charge in [-0.1, -0.05) is 31.2 Å². The molecule has 0 saturated heterocycles. The molecule has 0 aromatic heterocycles. The van der Waals surface area contributed by atoms with E-state index in [0.29, 0.717) is 6.42 Å². The molecule has 13 heavy (non-hydrogen) atoms. The normalized spacial score (nSPS) is 16.9. The van der Waals surface area contributed by atoms with Crippen molar-refractivity contribution in [1.82, 2.24) is 5.32 Å². The Balaban J connectivity index is 2.77. The Labute approximate surface area is 79.0 Å². The van der Waals surface area contributed by atoms with Crippen LogP contribution in [0, 0.1) is 0 Å². The number of hydrogen-bond donors (Lipinski definition) is 1. The lowest BCUT2D eigenvalue weighted by Gasteiger charge is -1.98. The van der Waals surface area contributed by atoms with Crippen molar-refractivity contribution in [2.24, 2.45) is 0 Å². The van der Waals surface area contributed by atoms with Gasteiger partial charge in [-0.2, -0.15) is 0 Å². The molecule has 0 spiro atoms. The van der Waals surface area contributed by atoms with Crippen LogP contribution in [0.2, 0.25) is 0 Å². The average Bonchev–Trinajstić information content (AvgIpc) is 2.42. The average molecular weight is 177 g/mol. The highest BCUT2D eigenvalue weighted by molar-refractivity contribution is 5.85. The third kappa shape index (κ3) is 2.58. The number of rotatable bonds is 3. The highest BCUT2D eigenvalue weighted by Crippen LogP contribution is 2.18. The Hall–Kier alpha value is -1.31. The molecule has 0 radical (unpaired) electrons. The van der Waals surface area contributed by atoms with Crippen LogP contribution in [0.25, 0.3) is 0 Å². The standard InChI is InChI=1S/C11H15NO/c1-4-10-9(6-5-8(2)3)7-11(13)12-10/h5-6H,2,4,7H2,1,3H3,(H,12,13)/b6-5-. The lowest BCUT2D eigenvalue weighted by atomic mass is 10.1. The Morgan fingerprint density at radius 2 is 2.38 bits per heavy atom. The van der Waals surface area contributed by atoms with E-state index in [1.54, 1.807) is 0 Å². The summed E-state index contributed by atoms with van der Waals surface area (Å²) in [5.74, 6) is 0.0956. The topological polar surface area (TPSA) is 29.1 Å². The maximum absolute atomic E-state index is 11.1. The second kappa shape index (κ2) is 4.08. The fourth-order valence-electron chi connectivity index (χ4n) is 1.29. The summed E-state index contributed by atoms with van der Waals surface area (Å²) in [4.78, 5) is 11.1. The van der Waals surface area contributed by atoms with E-state index in [1.807, 2.05) is 26.0 Å². The van der Waals surface area contributed by atoms with Crippen LogP contribution < -0.4 is 5.32 Å². The van der Waals surface area contributed by atoms with Crippen LogP contribution in [-0.4, -0.2) is 5.91 Å². The molecule has 0 aliphatic carbocycles. The molecule has 0 aromatic carbocycles. The molecule has 1 rings (SSSR count). The first kappa shape index (κ1) is 9.78. The van der Waals surface area contributed by atoms with Gasteiger partial charge in [0.15, 0.2) is 0 Å². The van der Waals surface area contributed by atoms with Gasteiger partial charge >= 0.3 is 0 Å². The van der Waals surface area contributed by atoms with Gasteiger partial charge in [0.05, 0.1) is 6.42 Å². The Kier molecular flexibility index (Phi) is 3.07. The number of carbonyl (C=O) groups excluding carboxylic acids is 1. The van der Waals surface area contributed by atoms with E-state index in [2.05, 4.69) is 11.9 Å². The van der Waals surface area contributed by atoms with Crippen LogP contribution in [-0.2, 0) is 4.79 Å². The molecule has 0 atom stereocenters. The number of nitrogens with one attached hydrogen (secondary N) is 1. The van der Waals surface area contributed by atoms with Crippen LogP contribution >= 0.6 is 0 Å². The molecule has 0 unspecified atom stereocenters. The van der Waals surface area contributed by atoms with E-state index in [0.717, 1.165) is 23.3 Å². The van der Waals surface area contributed by atoms with Gasteiger partial charge in [0, 0.05) is 5.70 Å². The van der Waals surface area contributed by atoms with Gasteiger partial charge in [0.2, 0.25) is 5.91 Å². The summed E-state index contributed by atoms with van der Waals surface area (Å²) in [6.45, 7) is 7.75. The number of allylic oxidation sites excluding steroid dienone is 4. The fraction of sp³-hybridized carbons (Fsp3) is 0.364. The van der Waals surface area contributed by atoms with Crippen LogP contribution in [0.3, 0.4) is 0 Å². The van der Waals surface area contributed by atoms with Crippen molar-refractivity contribution >= 4 is 5.91 Å². The Morgan fingerprint density at radius 3 is 2.92 bits per heavy atom. The summed E-state index contributed by atoms with van der Waals surface area (Å²) in [5.41, 5.74) is 3.14. The summed E-state index contributed by atoms with van der Waals surface area (Å²) in [7, 11) is 0. The van der Waals surface area contributed by atoms with E-state index in [9.17, 15) is 4.79 Å². The summed E-state index contributed by atoms with van der Waals surface area (Å²) in [6, 6.07) is 0. The van der Waals surface area contributed by atoms with Crippen molar-refractivity contribution in [3.8, 4) is 0 Å². The van der Waals surface area contributed by atoms with Gasteiger partial charge in [0.1, 0.15) is 0 Å². The molecule has 1 aliphatic rings. The fourth-order valence-corrected chi connectivity index (χ4v) is 1.29. The molecule has 1 N–H and O–H groups in total. The van der Waals surface area contributed by atoms with Crippen molar-refractivity contribution in [1.29, 1.82) is 0 Å². The van der Waals surface area contributed by atoms with Crippen molar-refractivity contribution in [3.05, 3.63) is 35.6 Å². The van der Waals surface area contributed by atoms with Crippen LogP contribution in [0.4, 0.5) is 0 Å². The van der Waals surface area contributed by atoms with Crippen LogP contribution in [0.1, 0.15) is 26.7 Å². The molecule has 0 aromatic rings. The van der Waals surface area contributed by atoms with Gasteiger partial charge in [-0.3, -0.25) is 4.79 Å². The monoisotopic (exact) mass is 177 g/mol. The molecular weight excluding hydrogens is 162 g/mol. The SMILES string of the molecule is C=C(C)/C=C\C1=C(CC)NC(=O)C1. The van der Waals surface area contributed by atoms with Gasteiger partial charge in [-0.05, 0) is 18.9 Å². The van der Waals surface area contributed by atoms with E-state index in [4.69, 9.17) is 0 Å². The van der Waals surface area contributed by atoms with Gasteiger partial charge < -0.3 is 5.32 Å². The van der Waals surface area contributed by atoms with Gasteiger partial charge in [-0.25, -0.2) is 0 Å². The van der Waals surface area contributed by atoms with E-state index < -0.39 is 0 Å². The third-order valence-electron chi connectivity index (χ3n) is 1.95. The van der Waals surface area contributed by atoms with Crippen LogP contribution in [0.15, 0.2) is 35.6 Å². The Bertz CT molecular complexity index is 297. The highest BCUT2D eigenvalue weighted by atomic mass is 16.1. The zero-order valence-corrected chi connectivity index (χ0v) is 8.18. The van der Waals surface area contributed by atoms with E-state index >= 15 is 0 Å². The molecule has 1 heterocycles. The second-order valence-electron chi connectivity index (χ2n) is 3.26. The van der Waals surface area contributed by atoms with Crippen molar-refractivity contribution in [2.45, 2.75) is 26.7 Å². The molecule has 70 valence electrons. The smallest absolute Gasteiger partial charge is 0.228 e. The predicted molar refractivity (Wildman–Crippen MR) is 54.0 cm³/mol. The van der Waals surface area contributed by atoms with E-state index in [1.165, 1.54) is 0 Å². The van der Waals surface area contributed by atoms with Crippen molar-refractivity contribution < 1.29 is 4.79 Å². The van der Waals surface area contributed by atoms with Crippen molar-refractivity contribution in [2.75, 3.05) is 0 Å². The minimum atomic E-state index is 0.0956. The van der Waals surface area contributed by atoms with E-state index in [-0.39, 0.29) is 5.91 Å². The molecule has 0 fully saturated rings. The van der Waals surface area contributed by atoms with Gasteiger partial charge in [-0.15, -0.1) is 0 Å². The van der Waals surface area contributed by atoms with Crippen molar-refractivity contribution in [3.63, 3.8) is 0 Å². The number of hydrogen-bond acceptors (Lipinski definition) is 1. The first-order chi connectivity index (χ1) is 6.13. The first-order valence-electron chi connectivity index (χ1n) is 4.49. The summed E-state index contributed by atoms with van der Waals surface area (Å²) in [5, 5.41) is 2.84. The minimum absolute atomic E-state index is 0.0956. The lowest BCUT2D eigenvalue weighted by molar-refractivity contribution is -0.118. The zero-order chi connectivity index (χ0) is 9.84. The minimum Gasteiger partial charge on any atom is -0.329 e. The predicted octanol–water partition coefficient (Wildman–Crippen LogP) is 2.30. The molecule has 0 saturated carbocycles. The molecular formula is C11H15NO. The second-order valence-corrected chi connectivity index (χ2v) is 3.26. The molecule has 0 bridgehead atoms.